The molecule has 0 aromatic heterocycles. The largest absolute Gasteiger partial charge is 0.394 e. The van der Waals surface area contributed by atoms with Crippen LogP contribution in [0.4, 0.5) is 0 Å². The molecule has 2 heterocycles. The van der Waals surface area contributed by atoms with Gasteiger partial charge in [0.1, 0.15) is 0 Å². The Labute approximate surface area is 147 Å². The minimum Gasteiger partial charge on any atom is -0.394 e. The zero-order valence-electron chi connectivity index (χ0n) is 15.7. The molecule has 1 amide bonds. The van der Waals surface area contributed by atoms with Crippen molar-refractivity contribution in [1.82, 2.24) is 9.80 Å². The first-order valence-electron chi connectivity index (χ1n) is 9.79. The SMILES string of the molecule is CCCCN(C)C[C@@H]1[C@H](CC)CN(C(=O)C2CCOCC2)[C@@H]1CO. The Morgan fingerprint density at radius 2 is 2.00 bits per heavy atom. The van der Waals surface area contributed by atoms with E-state index in [2.05, 4.69) is 25.8 Å². The van der Waals surface area contributed by atoms with Crippen LogP contribution >= 0.6 is 0 Å². The number of ether oxygens (including phenoxy) is 1. The maximum absolute atomic E-state index is 13.0. The molecule has 5 heteroatoms. The van der Waals surface area contributed by atoms with Crippen molar-refractivity contribution in [3.05, 3.63) is 0 Å². The predicted octanol–water partition coefficient (Wildman–Crippen LogP) is 1.99. The van der Waals surface area contributed by atoms with Gasteiger partial charge in [-0.05, 0) is 44.7 Å². The van der Waals surface area contributed by atoms with E-state index in [1.54, 1.807) is 0 Å². The molecule has 0 radical (unpaired) electrons. The molecule has 2 fully saturated rings. The standard InChI is InChI=1S/C19H36N2O3/c1-4-6-9-20(3)13-17-15(5-2)12-21(18(17)14-22)19(23)16-7-10-24-11-8-16/h15-18,22H,4-14H2,1-3H3/t15-,17-,18-/m1/s1. The highest BCUT2D eigenvalue weighted by atomic mass is 16.5. The molecule has 2 saturated heterocycles. The van der Waals surface area contributed by atoms with Gasteiger partial charge in [-0.25, -0.2) is 0 Å². The van der Waals surface area contributed by atoms with Gasteiger partial charge in [-0.3, -0.25) is 4.79 Å². The molecule has 0 aliphatic carbocycles. The maximum Gasteiger partial charge on any atom is 0.226 e. The van der Waals surface area contributed by atoms with E-state index in [1.165, 1.54) is 12.8 Å². The maximum atomic E-state index is 13.0. The van der Waals surface area contributed by atoms with E-state index in [4.69, 9.17) is 4.74 Å². The molecule has 2 aliphatic heterocycles. The van der Waals surface area contributed by atoms with Gasteiger partial charge in [0.2, 0.25) is 5.91 Å². The molecule has 0 spiro atoms. The van der Waals surface area contributed by atoms with Crippen molar-refractivity contribution in [1.29, 1.82) is 0 Å². The van der Waals surface area contributed by atoms with Crippen LogP contribution in [0.5, 0.6) is 0 Å². The number of carbonyl (C=O) groups excluding carboxylic acids is 1. The van der Waals surface area contributed by atoms with Crippen molar-refractivity contribution in [2.24, 2.45) is 17.8 Å². The van der Waals surface area contributed by atoms with Gasteiger partial charge in [0, 0.05) is 32.2 Å². The Morgan fingerprint density at radius 1 is 1.29 bits per heavy atom. The summed E-state index contributed by atoms with van der Waals surface area (Å²) in [5.74, 6) is 1.21. The number of likely N-dealkylation sites (tertiary alicyclic amines) is 1. The number of carbonyl (C=O) groups is 1. The van der Waals surface area contributed by atoms with E-state index in [0.29, 0.717) is 25.0 Å². The summed E-state index contributed by atoms with van der Waals surface area (Å²) in [4.78, 5) is 17.4. The topological polar surface area (TPSA) is 53.0 Å². The average Bonchev–Trinajstić information content (AvgIpc) is 2.97. The lowest BCUT2D eigenvalue weighted by atomic mass is 9.88. The highest BCUT2D eigenvalue weighted by Gasteiger charge is 2.44. The van der Waals surface area contributed by atoms with Crippen LogP contribution in [0, 0.1) is 17.8 Å². The lowest BCUT2D eigenvalue weighted by Crippen LogP contribution is -2.46. The Balaban J connectivity index is 2.03. The second kappa shape index (κ2) is 9.73. The van der Waals surface area contributed by atoms with Crippen molar-refractivity contribution < 1.29 is 14.6 Å². The quantitative estimate of drug-likeness (QED) is 0.734. The summed E-state index contributed by atoms with van der Waals surface area (Å²) >= 11 is 0. The Morgan fingerprint density at radius 3 is 2.58 bits per heavy atom. The third-order valence-corrected chi connectivity index (χ3v) is 5.91. The van der Waals surface area contributed by atoms with Gasteiger partial charge < -0.3 is 19.6 Å². The Kier molecular flexibility index (Phi) is 7.98. The summed E-state index contributed by atoms with van der Waals surface area (Å²) in [6.07, 6.45) is 5.12. The lowest BCUT2D eigenvalue weighted by Gasteiger charge is -2.32. The van der Waals surface area contributed by atoms with Gasteiger partial charge in [0.15, 0.2) is 0 Å². The van der Waals surface area contributed by atoms with Gasteiger partial charge >= 0.3 is 0 Å². The lowest BCUT2D eigenvalue weighted by molar-refractivity contribution is -0.140. The zero-order chi connectivity index (χ0) is 17.5. The highest BCUT2D eigenvalue weighted by molar-refractivity contribution is 5.79. The number of rotatable bonds is 8. The van der Waals surface area contributed by atoms with Crippen LogP contribution in [-0.4, -0.2) is 73.4 Å². The fourth-order valence-corrected chi connectivity index (χ4v) is 4.32. The Hall–Kier alpha value is -0.650. The van der Waals surface area contributed by atoms with Gasteiger partial charge in [-0.1, -0.05) is 26.7 Å². The van der Waals surface area contributed by atoms with Crippen molar-refractivity contribution in [3.63, 3.8) is 0 Å². The van der Waals surface area contributed by atoms with Gasteiger partial charge in [0.05, 0.1) is 12.6 Å². The van der Waals surface area contributed by atoms with Crippen molar-refractivity contribution in [2.75, 3.05) is 46.5 Å². The minimum atomic E-state index is -0.0191. The molecule has 140 valence electrons. The monoisotopic (exact) mass is 340 g/mol. The third-order valence-electron chi connectivity index (χ3n) is 5.91. The van der Waals surface area contributed by atoms with Gasteiger partial charge in [0.25, 0.3) is 0 Å². The van der Waals surface area contributed by atoms with E-state index in [1.807, 2.05) is 4.90 Å². The summed E-state index contributed by atoms with van der Waals surface area (Å²) in [6, 6.07) is -0.0191. The molecule has 2 rings (SSSR count). The van der Waals surface area contributed by atoms with Crippen LogP contribution in [0.2, 0.25) is 0 Å². The van der Waals surface area contributed by atoms with Crippen molar-refractivity contribution >= 4 is 5.91 Å². The molecule has 24 heavy (non-hydrogen) atoms. The van der Waals surface area contributed by atoms with Crippen LogP contribution < -0.4 is 0 Å². The molecule has 0 bridgehead atoms. The van der Waals surface area contributed by atoms with Crippen LogP contribution in [0.1, 0.15) is 46.0 Å². The fraction of sp³-hybridized carbons (Fsp3) is 0.947. The number of hydrogen-bond donors (Lipinski definition) is 1. The van der Waals surface area contributed by atoms with Gasteiger partial charge in [-0.2, -0.15) is 0 Å². The van der Waals surface area contributed by atoms with Crippen LogP contribution in [-0.2, 0) is 9.53 Å². The smallest absolute Gasteiger partial charge is 0.226 e. The molecule has 0 aromatic rings. The normalized spacial score (nSPS) is 28.7. The first kappa shape index (κ1) is 19.7. The molecule has 3 atom stereocenters. The van der Waals surface area contributed by atoms with Crippen LogP contribution in [0.25, 0.3) is 0 Å². The van der Waals surface area contributed by atoms with E-state index in [9.17, 15) is 9.90 Å². The molecule has 0 unspecified atom stereocenters. The second-order valence-corrected chi connectivity index (χ2v) is 7.58. The number of amides is 1. The third kappa shape index (κ3) is 4.70. The van der Waals surface area contributed by atoms with Gasteiger partial charge in [-0.15, -0.1) is 0 Å². The molecular formula is C19H36N2O3. The number of aliphatic hydroxyl groups is 1. The highest BCUT2D eigenvalue weighted by Crippen LogP contribution is 2.34. The first-order valence-corrected chi connectivity index (χ1v) is 9.79. The van der Waals surface area contributed by atoms with E-state index < -0.39 is 0 Å². The zero-order valence-corrected chi connectivity index (χ0v) is 15.7. The predicted molar refractivity (Wildman–Crippen MR) is 95.8 cm³/mol. The second-order valence-electron chi connectivity index (χ2n) is 7.58. The summed E-state index contributed by atoms with van der Waals surface area (Å²) < 4.78 is 5.39. The summed E-state index contributed by atoms with van der Waals surface area (Å²) in [7, 11) is 2.17. The summed E-state index contributed by atoms with van der Waals surface area (Å²) in [5.41, 5.74) is 0. The Bertz CT molecular complexity index is 385. The minimum absolute atomic E-state index is 0.0191. The van der Waals surface area contributed by atoms with Crippen LogP contribution in [0.15, 0.2) is 0 Å². The average molecular weight is 341 g/mol. The number of aliphatic hydroxyl groups excluding tert-OH is 1. The molecule has 5 nitrogen and oxygen atoms in total. The molecule has 0 aromatic carbocycles. The number of nitrogens with zero attached hydrogens (tertiary/aromatic N) is 2. The summed E-state index contributed by atoms with van der Waals surface area (Å²) in [5, 5.41) is 10.0. The first-order chi connectivity index (χ1) is 11.6. The number of hydrogen-bond acceptors (Lipinski definition) is 4. The fourth-order valence-electron chi connectivity index (χ4n) is 4.32. The number of unbranched alkanes of at least 4 members (excludes halogenated alkanes) is 1. The van der Waals surface area contributed by atoms with E-state index >= 15 is 0 Å². The van der Waals surface area contributed by atoms with Crippen molar-refractivity contribution in [2.45, 2.75) is 52.0 Å². The molecular weight excluding hydrogens is 304 g/mol. The van der Waals surface area contributed by atoms with E-state index in [0.717, 1.165) is 38.9 Å². The van der Waals surface area contributed by atoms with E-state index in [-0.39, 0.29) is 24.5 Å². The van der Waals surface area contributed by atoms with Crippen LogP contribution in [0.3, 0.4) is 0 Å². The molecule has 2 aliphatic rings. The summed E-state index contributed by atoms with van der Waals surface area (Å²) in [6.45, 7) is 8.76. The van der Waals surface area contributed by atoms with Crippen molar-refractivity contribution in [3.8, 4) is 0 Å². The molecule has 1 N–H and O–H groups in total. The molecule has 0 saturated carbocycles.